The molecule has 14 heavy (non-hydrogen) atoms. The minimum Gasteiger partial charge on any atom is -0.508 e. The van der Waals surface area contributed by atoms with Crippen molar-refractivity contribution in [2.45, 2.75) is 6.92 Å². The summed E-state index contributed by atoms with van der Waals surface area (Å²) in [4.78, 5) is 11.1. The number of carbonyl (C=O) groups excluding carboxylic acids is 1. The van der Waals surface area contributed by atoms with E-state index < -0.39 is 0 Å². The summed E-state index contributed by atoms with van der Waals surface area (Å²) in [6.45, 7) is 5.16. The van der Waals surface area contributed by atoms with Gasteiger partial charge in [0.15, 0.2) is 0 Å². The van der Waals surface area contributed by atoms with E-state index in [-0.39, 0.29) is 11.8 Å². The fourth-order valence-corrected chi connectivity index (χ4v) is 1.04. The lowest BCUT2D eigenvalue weighted by molar-refractivity contribution is 0.255. The second-order valence-electron chi connectivity index (χ2n) is 2.80. The van der Waals surface area contributed by atoms with E-state index in [1.54, 1.807) is 19.1 Å². The van der Waals surface area contributed by atoms with Crippen LogP contribution in [-0.4, -0.2) is 11.1 Å². The Kier molecular flexibility index (Phi) is 3.12. The number of phenolic OH excluding ortho intramolecular Hbond substituents is 1. The number of nitrogens with one attached hydrogen (secondary N) is 2. The molecular weight excluding hydrogens is 180 g/mol. The predicted molar refractivity (Wildman–Crippen MR) is 55.2 cm³/mol. The van der Waals surface area contributed by atoms with Crippen molar-refractivity contribution in [1.82, 2.24) is 5.32 Å². The van der Waals surface area contributed by atoms with Crippen LogP contribution in [0.5, 0.6) is 5.75 Å². The van der Waals surface area contributed by atoms with E-state index in [1.165, 1.54) is 12.3 Å². The number of urea groups is 1. The Hall–Kier alpha value is -1.97. The third kappa shape index (κ3) is 2.52. The van der Waals surface area contributed by atoms with Crippen LogP contribution in [0.15, 0.2) is 31.0 Å². The van der Waals surface area contributed by atoms with Gasteiger partial charge in [-0.1, -0.05) is 6.58 Å². The van der Waals surface area contributed by atoms with E-state index in [1.807, 2.05) is 0 Å². The second-order valence-corrected chi connectivity index (χ2v) is 2.80. The van der Waals surface area contributed by atoms with Gasteiger partial charge in [0.1, 0.15) is 5.75 Å². The molecule has 3 N–H and O–H groups in total. The molecule has 0 unspecified atom stereocenters. The summed E-state index contributed by atoms with van der Waals surface area (Å²) in [5, 5.41) is 14.1. The van der Waals surface area contributed by atoms with Crippen LogP contribution in [0.25, 0.3) is 0 Å². The van der Waals surface area contributed by atoms with Crippen molar-refractivity contribution >= 4 is 11.7 Å². The lowest BCUT2D eigenvalue weighted by Crippen LogP contribution is -2.23. The highest BCUT2D eigenvalue weighted by Crippen LogP contribution is 2.19. The van der Waals surface area contributed by atoms with Gasteiger partial charge in [0.25, 0.3) is 0 Å². The highest BCUT2D eigenvalue weighted by Gasteiger charge is 2.02. The average molecular weight is 192 g/mol. The molecule has 1 aromatic carbocycles. The van der Waals surface area contributed by atoms with Gasteiger partial charge in [-0.05, 0) is 36.9 Å². The highest BCUT2D eigenvalue weighted by molar-refractivity contribution is 5.90. The summed E-state index contributed by atoms with van der Waals surface area (Å²) in [6, 6.07) is 4.36. The Labute approximate surface area is 82.3 Å². The normalized spacial score (nSPS) is 9.21. The molecule has 1 rings (SSSR count). The van der Waals surface area contributed by atoms with Gasteiger partial charge >= 0.3 is 6.03 Å². The third-order valence-corrected chi connectivity index (χ3v) is 1.69. The molecule has 0 aliphatic heterocycles. The van der Waals surface area contributed by atoms with Crippen molar-refractivity contribution in [2.75, 3.05) is 5.32 Å². The minimum atomic E-state index is -0.353. The maximum absolute atomic E-state index is 11.1. The summed E-state index contributed by atoms with van der Waals surface area (Å²) in [5.41, 5.74) is 1.45. The maximum Gasteiger partial charge on any atom is 0.323 e. The molecule has 0 radical (unpaired) electrons. The zero-order chi connectivity index (χ0) is 10.6. The van der Waals surface area contributed by atoms with Crippen LogP contribution < -0.4 is 10.6 Å². The van der Waals surface area contributed by atoms with Gasteiger partial charge < -0.3 is 15.7 Å². The van der Waals surface area contributed by atoms with Gasteiger partial charge in [-0.3, -0.25) is 0 Å². The second kappa shape index (κ2) is 4.32. The molecule has 0 aliphatic carbocycles. The molecule has 0 fully saturated rings. The Balaban J connectivity index is 2.76. The molecule has 0 saturated heterocycles. The topological polar surface area (TPSA) is 61.4 Å². The van der Waals surface area contributed by atoms with Crippen LogP contribution >= 0.6 is 0 Å². The van der Waals surface area contributed by atoms with Gasteiger partial charge in [0.05, 0.1) is 0 Å². The maximum atomic E-state index is 11.1. The zero-order valence-corrected chi connectivity index (χ0v) is 7.87. The summed E-state index contributed by atoms with van der Waals surface area (Å²) in [7, 11) is 0. The largest absolute Gasteiger partial charge is 0.508 e. The number of hydrogen-bond acceptors (Lipinski definition) is 2. The standard InChI is InChI=1S/C10H12N2O2/c1-3-11-10(14)12-9-5-4-8(13)6-7(9)2/h3-6,13H,1H2,2H3,(H2,11,12,14). The fraction of sp³-hybridized carbons (Fsp3) is 0.100. The Bertz CT molecular complexity index is 361. The van der Waals surface area contributed by atoms with Gasteiger partial charge in [0, 0.05) is 5.69 Å². The number of carbonyl (C=O) groups is 1. The quantitative estimate of drug-likeness (QED) is 0.627. The van der Waals surface area contributed by atoms with Crippen LogP contribution in [-0.2, 0) is 0 Å². The summed E-state index contributed by atoms with van der Waals surface area (Å²) in [6.07, 6.45) is 1.30. The highest BCUT2D eigenvalue weighted by atomic mass is 16.3. The van der Waals surface area contributed by atoms with E-state index >= 15 is 0 Å². The number of aromatic hydroxyl groups is 1. The van der Waals surface area contributed by atoms with E-state index in [0.717, 1.165) is 5.56 Å². The summed E-state index contributed by atoms with van der Waals surface area (Å²) >= 11 is 0. The fourth-order valence-electron chi connectivity index (χ4n) is 1.04. The SMILES string of the molecule is C=CNC(=O)Nc1ccc(O)cc1C. The number of rotatable bonds is 2. The van der Waals surface area contributed by atoms with Crippen molar-refractivity contribution in [3.05, 3.63) is 36.5 Å². The first-order valence-corrected chi connectivity index (χ1v) is 4.11. The third-order valence-electron chi connectivity index (χ3n) is 1.69. The van der Waals surface area contributed by atoms with E-state index in [2.05, 4.69) is 17.2 Å². The van der Waals surface area contributed by atoms with Crippen molar-refractivity contribution in [1.29, 1.82) is 0 Å². The van der Waals surface area contributed by atoms with Crippen LogP contribution in [0, 0.1) is 6.92 Å². The molecular formula is C10H12N2O2. The molecule has 0 bridgehead atoms. The first-order chi connectivity index (χ1) is 6.63. The van der Waals surface area contributed by atoms with Gasteiger partial charge in [-0.25, -0.2) is 4.79 Å². The van der Waals surface area contributed by atoms with Crippen LogP contribution in [0.3, 0.4) is 0 Å². The van der Waals surface area contributed by atoms with Crippen LogP contribution in [0.1, 0.15) is 5.56 Å². The molecule has 0 aliphatic rings. The smallest absolute Gasteiger partial charge is 0.323 e. The molecule has 0 aromatic heterocycles. The van der Waals surface area contributed by atoms with E-state index in [0.29, 0.717) is 5.69 Å². The summed E-state index contributed by atoms with van der Waals surface area (Å²) in [5.74, 6) is 0.178. The van der Waals surface area contributed by atoms with Gasteiger partial charge in [0.2, 0.25) is 0 Å². The van der Waals surface area contributed by atoms with Crippen LogP contribution in [0.2, 0.25) is 0 Å². The lowest BCUT2D eigenvalue weighted by atomic mass is 10.2. The Morgan fingerprint density at radius 2 is 2.29 bits per heavy atom. The molecule has 0 saturated carbocycles. The lowest BCUT2D eigenvalue weighted by Gasteiger charge is -2.07. The molecule has 0 atom stereocenters. The minimum absolute atomic E-state index is 0.178. The first-order valence-electron chi connectivity index (χ1n) is 4.11. The number of phenols is 1. The molecule has 0 heterocycles. The number of amides is 2. The van der Waals surface area contributed by atoms with Gasteiger partial charge in [-0.15, -0.1) is 0 Å². The Morgan fingerprint density at radius 3 is 2.86 bits per heavy atom. The average Bonchev–Trinajstić information content (AvgIpc) is 2.10. The van der Waals surface area contributed by atoms with Crippen LogP contribution in [0.4, 0.5) is 10.5 Å². The van der Waals surface area contributed by atoms with E-state index in [9.17, 15) is 4.79 Å². The number of aryl methyl sites for hydroxylation is 1. The number of hydrogen-bond donors (Lipinski definition) is 3. The van der Waals surface area contributed by atoms with E-state index in [4.69, 9.17) is 5.11 Å². The Morgan fingerprint density at radius 1 is 1.57 bits per heavy atom. The number of benzene rings is 1. The van der Waals surface area contributed by atoms with Crippen molar-refractivity contribution in [3.63, 3.8) is 0 Å². The first kappa shape index (κ1) is 10.1. The predicted octanol–water partition coefficient (Wildman–Crippen LogP) is 1.97. The van der Waals surface area contributed by atoms with Crippen molar-refractivity contribution < 1.29 is 9.90 Å². The van der Waals surface area contributed by atoms with Crippen molar-refractivity contribution in [3.8, 4) is 5.75 Å². The molecule has 1 aromatic rings. The molecule has 0 spiro atoms. The molecule has 4 heteroatoms. The zero-order valence-electron chi connectivity index (χ0n) is 7.87. The molecule has 74 valence electrons. The van der Waals surface area contributed by atoms with Gasteiger partial charge in [-0.2, -0.15) is 0 Å². The summed E-state index contributed by atoms with van der Waals surface area (Å²) < 4.78 is 0. The monoisotopic (exact) mass is 192 g/mol. The van der Waals surface area contributed by atoms with Crippen molar-refractivity contribution in [2.24, 2.45) is 0 Å². The molecule has 2 amide bonds. The number of anilines is 1. The molecule has 4 nitrogen and oxygen atoms in total.